The lowest BCUT2D eigenvalue weighted by Crippen LogP contribution is -2.29. The Bertz CT molecular complexity index is 621. The van der Waals surface area contributed by atoms with Crippen molar-refractivity contribution in [2.24, 2.45) is 16.9 Å². The summed E-state index contributed by atoms with van der Waals surface area (Å²) < 4.78 is 0. The second-order valence-electron chi connectivity index (χ2n) is 5.50. The number of hydrazone groups is 1. The number of hydrogen-bond donors (Lipinski definition) is 2. The van der Waals surface area contributed by atoms with Gasteiger partial charge in [-0.1, -0.05) is 55.1 Å². The number of halogens is 3. The SMILES string of the molecule is C[C@@H]1CCC[C@H](C)C1=NNC(=O)c1nc(Cl)c(Cl)c(N)c1Cl. The van der Waals surface area contributed by atoms with Gasteiger partial charge in [0.2, 0.25) is 0 Å². The Morgan fingerprint density at radius 3 is 2.41 bits per heavy atom. The van der Waals surface area contributed by atoms with Crippen LogP contribution in [0.25, 0.3) is 0 Å². The summed E-state index contributed by atoms with van der Waals surface area (Å²) in [5.74, 6) is 0.116. The first-order chi connectivity index (χ1) is 10.3. The molecule has 22 heavy (non-hydrogen) atoms. The number of pyridine rings is 1. The molecule has 1 fully saturated rings. The predicted molar refractivity (Wildman–Crippen MR) is 90.8 cm³/mol. The number of carbonyl (C=O) groups is 1. The summed E-state index contributed by atoms with van der Waals surface area (Å²) in [6, 6.07) is 0. The number of nitrogens with one attached hydrogen (secondary N) is 1. The van der Waals surface area contributed by atoms with Crippen molar-refractivity contribution in [2.75, 3.05) is 5.73 Å². The molecule has 1 heterocycles. The first-order valence-electron chi connectivity index (χ1n) is 7.00. The van der Waals surface area contributed by atoms with Crippen molar-refractivity contribution in [2.45, 2.75) is 33.1 Å². The predicted octanol–water partition coefficient (Wildman–Crippen LogP) is 4.17. The summed E-state index contributed by atoms with van der Waals surface area (Å²) in [4.78, 5) is 16.1. The number of aromatic nitrogens is 1. The van der Waals surface area contributed by atoms with Crippen LogP contribution < -0.4 is 11.2 Å². The van der Waals surface area contributed by atoms with Crippen LogP contribution in [0.5, 0.6) is 0 Å². The van der Waals surface area contributed by atoms with Crippen LogP contribution in [0.1, 0.15) is 43.6 Å². The highest BCUT2D eigenvalue weighted by Gasteiger charge is 2.24. The van der Waals surface area contributed by atoms with E-state index in [2.05, 4.69) is 29.4 Å². The largest absolute Gasteiger partial charge is 0.396 e. The summed E-state index contributed by atoms with van der Waals surface area (Å²) >= 11 is 17.7. The Kier molecular flexibility index (Phi) is 5.53. The molecule has 1 aromatic heterocycles. The van der Waals surface area contributed by atoms with Gasteiger partial charge in [0.15, 0.2) is 10.8 Å². The maximum atomic E-state index is 12.2. The molecule has 0 unspecified atom stereocenters. The van der Waals surface area contributed by atoms with Gasteiger partial charge in [-0.15, -0.1) is 0 Å². The van der Waals surface area contributed by atoms with Crippen LogP contribution in [0.2, 0.25) is 15.2 Å². The van der Waals surface area contributed by atoms with Gasteiger partial charge >= 0.3 is 0 Å². The molecule has 120 valence electrons. The minimum absolute atomic E-state index is 0.0283. The van der Waals surface area contributed by atoms with E-state index in [-0.39, 0.29) is 26.6 Å². The molecule has 0 aliphatic heterocycles. The van der Waals surface area contributed by atoms with Crippen molar-refractivity contribution in [3.8, 4) is 0 Å². The molecule has 1 aromatic rings. The number of nitrogen functional groups attached to an aromatic ring is 1. The lowest BCUT2D eigenvalue weighted by atomic mass is 9.81. The summed E-state index contributed by atoms with van der Waals surface area (Å²) in [5.41, 5.74) is 9.10. The van der Waals surface area contributed by atoms with Gasteiger partial charge in [-0.2, -0.15) is 5.10 Å². The number of hydrogen-bond acceptors (Lipinski definition) is 4. The molecule has 0 spiro atoms. The number of nitrogens with zero attached hydrogens (tertiary/aromatic N) is 2. The quantitative estimate of drug-likeness (QED) is 0.611. The van der Waals surface area contributed by atoms with Gasteiger partial charge in [-0.05, 0) is 24.7 Å². The van der Waals surface area contributed by atoms with Crippen molar-refractivity contribution in [1.29, 1.82) is 0 Å². The topological polar surface area (TPSA) is 80.4 Å². The van der Waals surface area contributed by atoms with Gasteiger partial charge in [0, 0.05) is 5.71 Å². The molecule has 0 radical (unpaired) electrons. The van der Waals surface area contributed by atoms with Gasteiger partial charge in [0.25, 0.3) is 5.91 Å². The molecule has 5 nitrogen and oxygen atoms in total. The zero-order valence-electron chi connectivity index (χ0n) is 12.3. The van der Waals surface area contributed by atoms with Crippen molar-refractivity contribution in [1.82, 2.24) is 10.4 Å². The molecule has 3 N–H and O–H groups in total. The molecule has 2 rings (SSSR count). The first kappa shape index (κ1) is 17.3. The minimum atomic E-state index is -0.562. The van der Waals surface area contributed by atoms with E-state index >= 15 is 0 Å². The Labute approximate surface area is 144 Å². The normalized spacial score (nSPS) is 23.6. The van der Waals surface area contributed by atoms with Crippen LogP contribution >= 0.6 is 34.8 Å². The number of anilines is 1. The maximum absolute atomic E-state index is 12.2. The van der Waals surface area contributed by atoms with Crippen LogP contribution in [0.15, 0.2) is 5.10 Å². The zero-order valence-corrected chi connectivity index (χ0v) is 14.6. The number of rotatable bonds is 2. The van der Waals surface area contributed by atoms with E-state index in [0.717, 1.165) is 18.6 Å². The standard InChI is InChI=1S/C14H17Cl3N4O/c1-6-4-3-5-7(2)11(6)20-21-14(22)12-8(15)10(18)9(16)13(17)19-12/h6-7H,3-5H2,1-2H3,(H2,18,19)(H,21,22)/t6-,7+. The molecule has 2 atom stereocenters. The second-order valence-corrected chi connectivity index (χ2v) is 6.62. The molecule has 1 saturated carbocycles. The van der Waals surface area contributed by atoms with Crippen LogP contribution in [0.3, 0.4) is 0 Å². The molecular formula is C14H17Cl3N4O. The number of nitrogens with two attached hydrogens (primary N) is 1. The summed E-state index contributed by atoms with van der Waals surface area (Å²) in [6.07, 6.45) is 3.31. The highest BCUT2D eigenvalue weighted by molar-refractivity contribution is 6.46. The monoisotopic (exact) mass is 362 g/mol. The average molecular weight is 364 g/mol. The molecule has 1 aliphatic carbocycles. The summed E-state index contributed by atoms with van der Waals surface area (Å²) in [7, 11) is 0. The van der Waals surface area contributed by atoms with E-state index in [1.165, 1.54) is 6.42 Å². The number of carbonyl (C=O) groups excluding carboxylic acids is 1. The lowest BCUT2D eigenvalue weighted by molar-refractivity contribution is 0.0949. The third-order valence-corrected chi connectivity index (χ3v) is 4.99. The molecular weight excluding hydrogens is 347 g/mol. The van der Waals surface area contributed by atoms with E-state index in [0.29, 0.717) is 11.8 Å². The molecule has 0 aromatic carbocycles. The Morgan fingerprint density at radius 1 is 1.23 bits per heavy atom. The highest BCUT2D eigenvalue weighted by atomic mass is 35.5. The van der Waals surface area contributed by atoms with E-state index in [4.69, 9.17) is 40.5 Å². The fourth-order valence-electron chi connectivity index (χ4n) is 2.58. The van der Waals surface area contributed by atoms with Gasteiger partial charge in [-0.3, -0.25) is 4.79 Å². The molecule has 8 heteroatoms. The van der Waals surface area contributed by atoms with E-state index in [1.807, 2.05) is 0 Å². The average Bonchev–Trinajstić information content (AvgIpc) is 2.48. The Hall–Kier alpha value is -1.04. The van der Waals surface area contributed by atoms with Crippen LogP contribution in [-0.2, 0) is 0 Å². The Balaban J connectivity index is 2.23. The van der Waals surface area contributed by atoms with Gasteiger partial charge in [-0.25, -0.2) is 10.4 Å². The maximum Gasteiger partial charge on any atom is 0.291 e. The first-order valence-corrected chi connectivity index (χ1v) is 8.14. The smallest absolute Gasteiger partial charge is 0.291 e. The molecule has 1 aliphatic rings. The highest BCUT2D eigenvalue weighted by Crippen LogP contribution is 2.34. The Morgan fingerprint density at radius 2 is 1.82 bits per heavy atom. The van der Waals surface area contributed by atoms with E-state index < -0.39 is 5.91 Å². The number of amides is 1. The van der Waals surface area contributed by atoms with Crippen LogP contribution in [-0.4, -0.2) is 16.6 Å². The minimum Gasteiger partial charge on any atom is -0.396 e. The van der Waals surface area contributed by atoms with Crippen LogP contribution in [0, 0.1) is 11.8 Å². The molecule has 0 bridgehead atoms. The second kappa shape index (κ2) is 7.02. The van der Waals surface area contributed by atoms with Gasteiger partial charge in [0.05, 0.1) is 10.7 Å². The fourth-order valence-corrected chi connectivity index (χ4v) is 3.18. The third kappa shape index (κ3) is 3.47. The summed E-state index contributed by atoms with van der Waals surface area (Å²) in [6.45, 7) is 4.20. The summed E-state index contributed by atoms with van der Waals surface area (Å²) in [5, 5.41) is 4.18. The fraction of sp³-hybridized carbons (Fsp3) is 0.500. The van der Waals surface area contributed by atoms with Gasteiger partial charge < -0.3 is 5.73 Å². The van der Waals surface area contributed by atoms with Gasteiger partial charge in [0.1, 0.15) is 5.02 Å². The third-order valence-electron chi connectivity index (χ3n) is 3.86. The van der Waals surface area contributed by atoms with E-state index in [9.17, 15) is 4.79 Å². The van der Waals surface area contributed by atoms with Crippen molar-refractivity contribution < 1.29 is 4.79 Å². The van der Waals surface area contributed by atoms with Crippen molar-refractivity contribution >= 4 is 52.1 Å². The van der Waals surface area contributed by atoms with Crippen molar-refractivity contribution in [3.05, 3.63) is 20.9 Å². The zero-order chi connectivity index (χ0) is 16.4. The van der Waals surface area contributed by atoms with Crippen molar-refractivity contribution in [3.63, 3.8) is 0 Å². The van der Waals surface area contributed by atoms with E-state index in [1.54, 1.807) is 0 Å². The molecule has 1 amide bonds. The molecule has 0 saturated heterocycles. The van der Waals surface area contributed by atoms with Crippen LogP contribution in [0.4, 0.5) is 5.69 Å². The lowest BCUT2D eigenvalue weighted by Gasteiger charge is -2.26.